The van der Waals surface area contributed by atoms with Crippen molar-refractivity contribution in [3.63, 3.8) is 0 Å². The third-order valence-electron chi connectivity index (χ3n) is 3.73. The first-order valence-electron chi connectivity index (χ1n) is 7.96. The van der Waals surface area contributed by atoms with E-state index in [0.717, 1.165) is 11.1 Å². The van der Waals surface area contributed by atoms with Crippen molar-refractivity contribution in [3.8, 4) is 23.0 Å². The first kappa shape index (κ1) is 19.2. The molecule has 0 saturated heterocycles. The van der Waals surface area contributed by atoms with Gasteiger partial charge in [-0.05, 0) is 48.4 Å². The Kier molecular flexibility index (Phi) is 6.49. The van der Waals surface area contributed by atoms with Gasteiger partial charge in [0.1, 0.15) is 5.75 Å². The summed E-state index contributed by atoms with van der Waals surface area (Å²) in [5, 5.41) is 2.81. The third kappa shape index (κ3) is 4.47. The monoisotopic (exact) mass is 357 g/mol. The molecule has 2 rings (SSSR count). The lowest BCUT2D eigenvalue weighted by Gasteiger charge is -2.13. The predicted molar refractivity (Wildman–Crippen MR) is 101 cm³/mol. The topological polar surface area (TPSA) is 66.0 Å². The van der Waals surface area contributed by atoms with E-state index in [1.165, 1.54) is 6.08 Å². The Labute approximate surface area is 153 Å². The van der Waals surface area contributed by atoms with Gasteiger partial charge in [-0.1, -0.05) is 6.07 Å². The Morgan fingerprint density at radius 2 is 1.50 bits per heavy atom. The molecule has 1 N–H and O–H groups in total. The maximum Gasteiger partial charge on any atom is 0.248 e. The number of carbonyl (C=O) groups excluding carboxylic acids is 1. The Bertz CT molecular complexity index is 789. The number of ether oxygens (including phenoxy) is 4. The molecule has 0 aromatic heterocycles. The smallest absolute Gasteiger partial charge is 0.248 e. The summed E-state index contributed by atoms with van der Waals surface area (Å²) in [6.07, 6.45) is 3.10. The SMILES string of the molecule is COc1ccc(C)cc1NC(=O)/C=C/c1cc(OC)c(OC)c(OC)c1. The summed E-state index contributed by atoms with van der Waals surface area (Å²) in [6.45, 7) is 1.95. The Balaban J connectivity index is 2.22. The van der Waals surface area contributed by atoms with Gasteiger partial charge in [0.15, 0.2) is 11.5 Å². The highest BCUT2D eigenvalue weighted by atomic mass is 16.5. The zero-order valence-electron chi connectivity index (χ0n) is 15.6. The van der Waals surface area contributed by atoms with Crippen LogP contribution in [0.4, 0.5) is 5.69 Å². The first-order chi connectivity index (χ1) is 12.5. The van der Waals surface area contributed by atoms with Crippen LogP contribution in [-0.4, -0.2) is 34.3 Å². The van der Waals surface area contributed by atoms with E-state index < -0.39 is 0 Å². The van der Waals surface area contributed by atoms with Crippen LogP contribution < -0.4 is 24.3 Å². The number of hydrogen-bond acceptors (Lipinski definition) is 5. The summed E-state index contributed by atoms with van der Waals surface area (Å²) >= 11 is 0. The highest BCUT2D eigenvalue weighted by Gasteiger charge is 2.12. The van der Waals surface area contributed by atoms with Crippen LogP contribution in [0.3, 0.4) is 0 Å². The van der Waals surface area contributed by atoms with Crippen molar-refractivity contribution >= 4 is 17.7 Å². The third-order valence-corrected chi connectivity index (χ3v) is 3.73. The molecule has 0 spiro atoms. The number of rotatable bonds is 7. The van der Waals surface area contributed by atoms with Crippen LogP contribution in [0, 0.1) is 6.92 Å². The Morgan fingerprint density at radius 3 is 2.04 bits per heavy atom. The van der Waals surface area contributed by atoms with Crippen LogP contribution in [0.1, 0.15) is 11.1 Å². The van der Waals surface area contributed by atoms with Crippen molar-refractivity contribution in [2.45, 2.75) is 6.92 Å². The van der Waals surface area contributed by atoms with Gasteiger partial charge in [0.05, 0.1) is 34.1 Å². The molecule has 0 aliphatic heterocycles. The zero-order valence-corrected chi connectivity index (χ0v) is 15.6. The van der Waals surface area contributed by atoms with E-state index in [-0.39, 0.29) is 5.91 Å². The number of anilines is 1. The van der Waals surface area contributed by atoms with E-state index in [1.807, 2.05) is 25.1 Å². The van der Waals surface area contributed by atoms with Crippen LogP contribution in [-0.2, 0) is 4.79 Å². The molecule has 2 aromatic rings. The molecule has 0 unspecified atom stereocenters. The van der Waals surface area contributed by atoms with Crippen molar-refractivity contribution in [3.05, 3.63) is 47.5 Å². The van der Waals surface area contributed by atoms with Crippen LogP contribution in [0.5, 0.6) is 23.0 Å². The van der Waals surface area contributed by atoms with Gasteiger partial charge < -0.3 is 24.3 Å². The molecule has 6 heteroatoms. The summed E-state index contributed by atoms with van der Waals surface area (Å²) in [5.74, 6) is 1.87. The van der Waals surface area contributed by atoms with Crippen molar-refractivity contribution in [1.29, 1.82) is 0 Å². The molecule has 138 valence electrons. The number of benzene rings is 2. The molecule has 0 saturated carbocycles. The Hall–Kier alpha value is -3.15. The second kappa shape index (κ2) is 8.80. The number of aryl methyl sites for hydroxylation is 1. The van der Waals surface area contributed by atoms with Gasteiger partial charge >= 0.3 is 0 Å². The maximum atomic E-state index is 12.3. The van der Waals surface area contributed by atoms with Crippen molar-refractivity contribution in [2.75, 3.05) is 33.8 Å². The van der Waals surface area contributed by atoms with E-state index in [4.69, 9.17) is 18.9 Å². The predicted octanol–water partition coefficient (Wildman–Crippen LogP) is 3.68. The lowest BCUT2D eigenvalue weighted by Crippen LogP contribution is -2.09. The summed E-state index contributed by atoms with van der Waals surface area (Å²) in [5.41, 5.74) is 2.38. The van der Waals surface area contributed by atoms with Gasteiger partial charge in [-0.2, -0.15) is 0 Å². The minimum Gasteiger partial charge on any atom is -0.495 e. The fourth-order valence-corrected chi connectivity index (χ4v) is 2.46. The average molecular weight is 357 g/mol. The van der Waals surface area contributed by atoms with E-state index in [2.05, 4.69) is 5.32 Å². The summed E-state index contributed by atoms with van der Waals surface area (Å²) < 4.78 is 21.2. The lowest BCUT2D eigenvalue weighted by molar-refractivity contribution is -0.111. The van der Waals surface area contributed by atoms with Gasteiger partial charge in [-0.25, -0.2) is 0 Å². The molecule has 0 aliphatic carbocycles. The van der Waals surface area contributed by atoms with Gasteiger partial charge in [-0.3, -0.25) is 4.79 Å². The molecule has 0 heterocycles. The Morgan fingerprint density at radius 1 is 0.885 bits per heavy atom. The molecule has 0 radical (unpaired) electrons. The second-order valence-electron chi connectivity index (χ2n) is 5.48. The first-order valence-corrected chi connectivity index (χ1v) is 7.96. The minimum absolute atomic E-state index is 0.275. The standard InChI is InChI=1S/C20H23NO5/c1-13-6-8-16(23-2)15(10-13)21-19(22)9-7-14-11-17(24-3)20(26-5)18(12-14)25-4/h6-12H,1-5H3,(H,21,22)/b9-7+. The van der Waals surface area contributed by atoms with Gasteiger partial charge in [0.25, 0.3) is 0 Å². The van der Waals surface area contributed by atoms with Crippen molar-refractivity contribution < 1.29 is 23.7 Å². The van der Waals surface area contributed by atoms with Crippen LogP contribution in [0.2, 0.25) is 0 Å². The molecule has 0 bridgehead atoms. The molecule has 0 atom stereocenters. The molecule has 0 fully saturated rings. The molecular weight excluding hydrogens is 334 g/mol. The van der Waals surface area contributed by atoms with E-state index in [1.54, 1.807) is 46.6 Å². The molecule has 26 heavy (non-hydrogen) atoms. The molecule has 0 aliphatic rings. The summed E-state index contributed by atoms with van der Waals surface area (Å²) in [7, 11) is 6.19. The van der Waals surface area contributed by atoms with Crippen molar-refractivity contribution in [1.82, 2.24) is 0 Å². The zero-order chi connectivity index (χ0) is 19.1. The molecular formula is C20H23NO5. The van der Waals surface area contributed by atoms with Crippen LogP contribution >= 0.6 is 0 Å². The molecule has 6 nitrogen and oxygen atoms in total. The highest BCUT2D eigenvalue weighted by molar-refractivity contribution is 6.02. The molecule has 1 amide bonds. The summed E-state index contributed by atoms with van der Waals surface area (Å²) in [6, 6.07) is 9.11. The molecule has 2 aromatic carbocycles. The number of amides is 1. The van der Waals surface area contributed by atoms with Gasteiger partial charge in [0, 0.05) is 6.08 Å². The number of methoxy groups -OCH3 is 4. The fourth-order valence-electron chi connectivity index (χ4n) is 2.46. The maximum absolute atomic E-state index is 12.3. The van der Waals surface area contributed by atoms with E-state index in [0.29, 0.717) is 28.7 Å². The van der Waals surface area contributed by atoms with Crippen molar-refractivity contribution in [2.24, 2.45) is 0 Å². The summed E-state index contributed by atoms with van der Waals surface area (Å²) in [4.78, 5) is 12.3. The number of nitrogens with one attached hydrogen (secondary N) is 1. The fraction of sp³-hybridized carbons (Fsp3) is 0.250. The average Bonchev–Trinajstić information content (AvgIpc) is 2.65. The van der Waals surface area contributed by atoms with E-state index >= 15 is 0 Å². The second-order valence-corrected chi connectivity index (χ2v) is 5.48. The minimum atomic E-state index is -0.275. The quantitative estimate of drug-likeness (QED) is 0.766. The van der Waals surface area contributed by atoms with Crippen LogP contribution in [0.25, 0.3) is 6.08 Å². The number of hydrogen-bond donors (Lipinski definition) is 1. The number of carbonyl (C=O) groups is 1. The van der Waals surface area contributed by atoms with E-state index in [9.17, 15) is 4.79 Å². The lowest BCUT2D eigenvalue weighted by atomic mass is 10.1. The normalized spacial score (nSPS) is 10.5. The van der Waals surface area contributed by atoms with Gasteiger partial charge in [-0.15, -0.1) is 0 Å². The van der Waals surface area contributed by atoms with Crippen LogP contribution in [0.15, 0.2) is 36.4 Å². The largest absolute Gasteiger partial charge is 0.495 e. The highest BCUT2D eigenvalue weighted by Crippen LogP contribution is 2.38. The van der Waals surface area contributed by atoms with Gasteiger partial charge in [0.2, 0.25) is 11.7 Å².